The van der Waals surface area contributed by atoms with Gasteiger partial charge in [-0.2, -0.15) is 13.2 Å². The highest BCUT2D eigenvalue weighted by Gasteiger charge is 2.65. The van der Waals surface area contributed by atoms with Crippen LogP contribution in [0.5, 0.6) is 0 Å². The van der Waals surface area contributed by atoms with Crippen molar-refractivity contribution in [2.24, 2.45) is 21.9 Å². The zero-order chi connectivity index (χ0) is 16.7. The summed E-state index contributed by atoms with van der Waals surface area (Å²) in [5, 5.41) is 9.06. The van der Waals surface area contributed by atoms with Gasteiger partial charge in [0.25, 0.3) is 5.91 Å². The van der Waals surface area contributed by atoms with Crippen molar-refractivity contribution >= 4 is 5.91 Å². The van der Waals surface area contributed by atoms with Crippen molar-refractivity contribution in [2.45, 2.75) is 37.1 Å². The summed E-state index contributed by atoms with van der Waals surface area (Å²) in [5.41, 5.74) is 3.35. The molecule has 1 aliphatic heterocycles. The maximum Gasteiger partial charge on any atom is 0.442 e. The van der Waals surface area contributed by atoms with Gasteiger partial charge in [-0.3, -0.25) is 4.79 Å². The standard InChI is InChI=1S/C15H17F3N4O/c16-15(17,18)14(21-22-14)11-3-1-2-10(7-11)13(23)20-8-9-4-5-12(19)6-9/h1-3,7,9,12H,4-6,8,19H2,(H,20,23)/t9-,12+/m0/s1. The molecule has 1 heterocycles. The van der Waals surface area contributed by atoms with E-state index in [1.165, 1.54) is 24.3 Å². The number of alkyl halides is 3. The van der Waals surface area contributed by atoms with E-state index in [1.54, 1.807) is 0 Å². The van der Waals surface area contributed by atoms with Gasteiger partial charge in [-0.05, 0) is 37.3 Å². The number of amides is 1. The highest BCUT2D eigenvalue weighted by Crippen LogP contribution is 2.52. The summed E-state index contributed by atoms with van der Waals surface area (Å²) < 4.78 is 39.0. The molecule has 1 saturated carbocycles. The summed E-state index contributed by atoms with van der Waals surface area (Å²) in [5.74, 6) is -0.0719. The van der Waals surface area contributed by atoms with Crippen LogP contribution in [-0.4, -0.2) is 24.7 Å². The smallest absolute Gasteiger partial charge is 0.352 e. The average Bonchev–Trinajstić information content (AvgIpc) is 3.23. The van der Waals surface area contributed by atoms with Crippen molar-refractivity contribution in [3.8, 4) is 0 Å². The van der Waals surface area contributed by atoms with Crippen LogP contribution in [0.15, 0.2) is 34.5 Å². The van der Waals surface area contributed by atoms with Crippen molar-refractivity contribution in [3.63, 3.8) is 0 Å². The molecule has 124 valence electrons. The topological polar surface area (TPSA) is 79.8 Å². The van der Waals surface area contributed by atoms with Crippen LogP contribution >= 0.6 is 0 Å². The van der Waals surface area contributed by atoms with E-state index in [0.29, 0.717) is 12.5 Å². The molecule has 1 aromatic rings. The number of rotatable bonds is 4. The van der Waals surface area contributed by atoms with Gasteiger partial charge in [0, 0.05) is 23.7 Å². The van der Waals surface area contributed by atoms with E-state index in [2.05, 4.69) is 15.5 Å². The van der Waals surface area contributed by atoms with Gasteiger partial charge in [0.1, 0.15) is 0 Å². The largest absolute Gasteiger partial charge is 0.442 e. The zero-order valence-electron chi connectivity index (χ0n) is 12.3. The molecule has 1 aromatic carbocycles. The second kappa shape index (κ2) is 5.59. The third kappa shape index (κ3) is 3.08. The molecule has 1 fully saturated rings. The molecule has 0 saturated heterocycles. The van der Waals surface area contributed by atoms with E-state index in [4.69, 9.17) is 5.73 Å². The number of nitrogens with zero attached hydrogens (tertiary/aromatic N) is 2. The SMILES string of the molecule is N[C@@H]1CC[C@H](CNC(=O)c2cccc(C3(C(F)(F)F)N=N3)c2)C1. The Morgan fingerprint density at radius 3 is 2.65 bits per heavy atom. The fraction of sp³-hybridized carbons (Fsp3) is 0.533. The zero-order valence-corrected chi connectivity index (χ0v) is 12.3. The minimum atomic E-state index is -4.60. The number of hydrogen-bond donors (Lipinski definition) is 2. The second-order valence-electron chi connectivity index (χ2n) is 6.10. The predicted molar refractivity (Wildman–Crippen MR) is 76.7 cm³/mol. The van der Waals surface area contributed by atoms with E-state index in [9.17, 15) is 18.0 Å². The van der Waals surface area contributed by atoms with Crippen LogP contribution in [0.3, 0.4) is 0 Å². The number of carbonyl (C=O) groups is 1. The molecule has 2 atom stereocenters. The van der Waals surface area contributed by atoms with Crippen LogP contribution in [0, 0.1) is 5.92 Å². The van der Waals surface area contributed by atoms with Gasteiger partial charge in [-0.15, -0.1) is 10.2 Å². The second-order valence-corrected chi connectivity index (χ2v) is 6.10. The summed E-state index contributed by atoms with van der Waals surface area (Å²) in [6.45, 7) is 0.482. The highest BCUT2D eigenvalue weighted by molar-refractivity contribution is 5.94. The van der Waals surface area contributed by atoms with E-state index in [1.807, 2.05) is 0 Å². The Labute approximate surface area is 131 Å². The fourth-order valence-electron chi connectivity index (χ4n) is 2.96. The molecule has 5 nitrogen and oxygen atoms in total. The van der Waals surface area contributed by atoms with Crippen LogP contribution in [0.2, 0.25) is 0 Å². The summed E-state index contributed by atoms with van der Waals surface area (Å²) >= 11 is 0. The molecule has 0 radical (unpaired) electrons. The minimum absolute atomic E-state index is 0.138. The molecule has 3 rings (SSSR count). The lowest BCUT2D eigenvalue weighted by Gasteiger charge is -2.16. The third-order valence-corrected chi connectivity index (χ3v) is 4.36. The van der Waals surface area contributed by atoms with Gasteiger partial charge in [0.2, 0.25) is 0 Å². The summed E-state index contributed by atoms with van der Waals surface area (Å²) in [6, 6.07) is 5.53. The number of nitrogens with one attached hydrogen (secondary N) is 1. The molecular weight excluding hydrogens is 309 g/mol. The van der Waals surface area contributed by atoms with Crippen molar-refractivity contribution in [3.05, 3.63) is 35.4 Å². The van der Waals surface area contributed by atoms with E-state index >= 15 is 0 Å². The number of hydrogen-bond acceptors (Lipinski definition) is 4. The van der Waals surface area contributed by atoms with Gasteiger partial charge >= 0.3 is 11.8 Å². The van der Waals surface area contributed by atoms with Gasteiger partial charge in [0.05, 0.1) is 0 Å². The maximum atomic E-state index is 13.0. The summed E-state index contributed by atoms with van der Waals surface area (Å²) in [7, 11) is 0. The molecule has 3 N–H and O–H groups in total. The molecule has 0 bridgehead atoms. The van der Waals surface area contributed by atoms with Crippen molar-refractivity contribution in [2.75, 3.05) is 6.54 Å². The normalized spacial score (nSPS) is 25.4. The van der Waals surface area contributed by atoms with Crippen LogP contribution in [0.1, 0.15) is 35.2 Å². The first-order valence-corrected chi connectivity index (χ1v) is 7.47. The molecule has 0 spiro atoms. The molecule has 23 heavy (non-hydrogen) atoms. The Morgan fingerprint density at radius 2 is 2.09 bits per heavy atom. The lowest BCUT2D eigenvalue weighted by atomic mass is 10.00. The van der Waals surface area contributed by atoms with Crippen molar-refractivity contribution in [1.82, 2.24) is 5.32 Å². The van der Waals surface area contributed by atoms with E-state index in [0.717, 1.165) is 19.3 Å². The average molecular weight is 326 g/mol. The van der Waals surface area contributed by atoms with E-state index < -0.39 is 17.7 Å². The maximum absolute atomic E-state index is 13.0. The summed E-state index contributed by atoms with van der Waals surface area (Å²) in [6.07, 6.45) is -1.85. The highest BCUT2D eigenvalue weighted by atomic mass is 19.4. The Bertz CT molecular complexity index is 638. The van der Waals surface area contributed by atoms with Crippen molar-refractivity contribution in [1.29, 1.82) is 0 Å². The molecule has 8 heteroatoms. The van der Waals surface area contributed by atoms with Gasteiger partial charge < -0.3 is 11.1 Å². The van der Waals surface area contributed by atoms with Crippen molar-refractivity contribution < 1.29 is 18.0 Å². The number of benzene rings is 1. The van der Waals surface area contributed by atoms with Crippen LogP contribution in [0.4, 0.5) is 13.2 Å². The third-order valence-electron chi connectivity index (χ3n) is 4.36. The molecule has 1 amide bonds. The van der Waals surface area contributed by atoms with Crippen LogP contribution < -0.4 is 11.1 Å². The van der Waals surface area contributed by atoms with Gasteiger partial charge in [-0.25, -0.2) is 0 Å². The minimum Gasteiger partial charge on any atom is -0.352 e. The fourth-order valence-corrected chi connectivity index (χ4v) is 2.96. The Kier molecular flexibility index (Phi) is 3.87. The van der Waals surface area contributed by atoms with E-state index in [-0.39, 0.29) is 17.2 Å². The van der Waals surface area contributed by atoms with Gasteiger partial charge in [-0.1, -0.05) is 12.1 Å². The lowest BCUT2D eigenvalue weighted by Crippen LogP contribution is -2.31. The van der Waals surface area contributed by atoms with Crippen LogP contribution in [-0.2, 0) is 5.66 Å². The Balaban J connectivity index is 1.67. The predicted octanol–water partition coefficient (Wildman–Crippen LogP) is 2.72. The first-order valence-electron chi connectivity index (χ1n) is 7.47. The summed E-state index contributed by atoms with van der Waals surface area (Å²) in [4.78, 5) is 12.1. The van der Waals surface area contributed by atoms with Crippen LogP contribution in [0.25, 0.3) is 0 Å². The van der Waals surface area contributed by atoms with Gasteiger partial charge in [0.15, 0.2) is 0 Å². The number of halogens is 3. The monoisotopic (exact) mass is 326 g/mol. The molecule has 2 aliphatic rings. The lowest BCUT2D eigenvalue weighted by molar-refractivity contribution is -0.166. The number of nitrogens with two attached hydrogens (primary N) is 1. The number of carbonyl (C=O) groups excluding carboxylic acids is 1. The first kappa shape index (κ1) is 15.9. The first-order chi connectivity index (χ1) is 10.8. The molecule has 0 unspecified atom stereocenters. The Hall–Kier alpha value is -1.96. The Morgan fingerprint density at radius 1 is 1.35 bits per heavy atom. The molecule has 0 aromatic heterocycles. The molecular formula is C15H17F3N4O. The molecule has 1 aliphatic carbocycles. The quantitative estimate of drug-likeness (QED) is 0.892.